The zero-order chi connectivity index (χ0) is 12.0. The van der Waals surface area contributed by atoms with Crippen molar-refractivity contribution in [3.05, 3.63) is 34.9 Å². The van der Waals surface area contributed by atoms with Gasteiger partial charge in [0.25, 0.3) is 0 Å². The Morgan fingerprint density at radius 2 is 2.00 bits per heavy atom. The lowest BCUT2D eigenvalue weighted by atomic mass is 9.99. The van der Waals surface area contributed by atoms with Gasteiger partial charge in [-0.3, -0.25) is 0 Å². The van der Waals surface area contributed by atoms with Gasteiger partial charge in [-0.15, -0.1) is 0 Å². The first-order valence-electron chi connectivity index (χ1n) is 5.98. The molecule has 0 aliphatic heterocycles. The third-order valence-corrected chi connectivity index (χ3v) is 2.90. The van der Waals surface area contributed by atoms with E-state index in [1.165, 1.54) is 30.4 Å². The first kappa shape index (κ1) is 12.8. The standard InChI is InChI=1S/C14H20O2/c1-3-4-5-6-7-12-10-13(14(15)16)9-8-11(12)2/h8-10H,3-7H2,1-2H3,(H,15,16). The lowest BCUT2D eigenvalue weighted by Gasteiger charge is -2.06. The van der Waals surface area contributed by atoms with Crippen molar-refractivity contribution in [1.82, 2.24) is 0 Å². The molecule has 0 amide bonds. The molecular formula is C14H20O2. The predicted octanol–water partition coefficient (Wildman–Crippen LogP) is 3.82. The van der Waals surface area contributed by atoms with Crippen LogP contribution in [0.5, 0.6) is 0 Å². The van der Waals surface area contributed by atoms with Crippen LogP contribution in [0.1, 0.15) is 54.1 Å². The molecule has 88 valence electrons. The van der Waals surface area contributed by atoms with Gasteiger partial charge in [-0.1, -0.05) is 32.3 Å². The Morgan fingerprint density at radius 1 is 1.25 bits per heavy atom. The van der Waals surface area contributed by atoms with Crippen LogP contribution in [-0.4, -0.2) is 11.1 Å². The first-order valence-corrected chi connectivity index (χ1v) is 5.98. The van der Waals surface area contributed by atoms with E-state index in [0.29, 0.717) is 5.56 Å². The summed E-state index contributed by atoms with van der Waals surface area (Å²) in [5.41, 5.74) is 2.77. The highest BCUT2D eigenvalue weighted by Crippen LogP contribution is 2.15. The smallest absolute Gasteiger partial charge is 0.335 e. The highest BCUT2D eigenvalue weighted by atomic mass is 16.4. The number of carboxylic acids is 1. The number of carbonyl (C=O) groups is 1. The molecule has 0 heterocycles. The summed E-state index contributed by atoms with van der Waals surface area (Å²) in [6.07, 6.45) is 5.86. The molecule has 1 aromatic carbocycles. The van der Waals surface area contributed by atoms with Crippen molar-refractivity contribution in [2.75, 3.05) is 0 Å². The number of benzene rings is 1. The molecule has 0 unspecified atom stereocenters. The van der Waals surface area contributed by atoms with Crippen molar-refractivity contribution in [3.63, 3.8) is 0 Å². The summed E-state index contributed by atoms with van der Waals surface area (Å²) in [6, 6.07) is 5.38. The molecule has 0 aliphatic rings. The highest BCUT2D eigenvalue weighted by Gasteiger charge is 2.05. The van der Waals surface area contributed by atoms with E-state index in [-0.39, 0.29) is 0 Å². The second-order valence-corrected chi connectivity index (χ2v) is 4.26. The Bertz CT molecular complexity index is 356. The van der Waals surface area contributed by atoms with E-state index in [1.54, 1.807) is 6.07 Å². The minimum Gasteiger partial charge on any atom is -0.478 e. The fraction of sp³-hybridized carbons (Fsp3) is 0.500. The number of aromatic carboxylic acids is 1. The maximum absolute atomic E-state index is 10.8. The molecule has 0 saturated heterocycles. The topological polar surface area (TPSA) is 37.3 Å². The molecule has 0 aromatic heterocycles. The molecule has 1 aromatic rings. The minimum atomic E-state index is -0.838. The number of rotatable bonds is 6. The van der Waals surface area contributed by atoms with E-state index >= 15 is 0 Å². The summed E-state index contributed by atoms with van der Waals surface area (Å²) in [5.74, 6) is -0.838. The van der Waals surface area contributed by atoms with Gasteiger partial charge in [-0.05, 0) is 43.0 Å². The number of hydrogen-bond acceptors (Lipinski definition) is 1. The fourth-order valence-corrected chi connectivity index (χ4v) is 1.82. The van der Waals surface area contributed by atoms with Gasteiger partial charge < -0.3 is 5.11 Å². The van der Waals surface area contributed by atoms with Crippen LogP contribution in [0.2, 0.25) is 0 Å². The van der Waals surface area contributed by atoms with Crippen LogP contribution in [0.25, 0.3) is 0 Å². The molecule has 1 rings (SSSR count). The van der Waals surface area contributed by atoms with E-state index in [9.17, 15) is 4.79 Å². The summed E-state index contributed by atoms with van der Waals surface area (Å²) in [7, 11) is 0. The monoisotopic (exact) mass is 220 g/mol. The molecular weight excluding hydrogens is 200 g/mol. The van der Waals surface area contributed by atoms with Crippen LogP contribution in [-0.2, 0) is 6.42 Å². The maximum atomic E-state index is 10.8. The second kappa shape index (κ2) is 6.31. The molecule has 2 heteroatoms. The van der Waals surface area contributed by atoms with E-state index < -0.39 is 5.97 Å². The van der Waals surface area contributed by atoms with Gasteiger partial charge in [0.2, 0.25) is 0 Å². The number of carboxylic acid groups (broad SMARTS) is 1. The third-order valence-electron chi connectivity index (χ3n) is 2.90. The molecule has 0 fully saturated rings. The zero-order valence-electron chi connectivity index (χ0n) is 10.1. The Labute approximate surface area is 97.3 Å². The Hall–Kier alpha value is -1.31. The average Bonchev–Trinajstić information content (AvgIpc) is 2.26. The van der Waals surface area contributed by atoms with E-state index in [1.807, 2.05) is 19.1 Å². The number of unbranched alkanes of at least 4 members (excludes halogenated alkanes) is 3. The molecule has 2 nitrogen and oxygen atoms in total. The van der Waals surface area contributed by atoms with Gasteiger partial charge >= 0.3 is 5.97 Å². The first-order chi connectivity index (χ1) is 7.65. The van der Waals surface area contributed by atoms with E-state index in [0.717, 1.165) is 12.8 Å². The van der Waals surface area contributed by atoms with Gasteiger partial charge in [0.1, 0.15) is 0 Å². The van der Waals surface area contributed by atoms with Gasteiger partial charge in [0.05, 0.1) is 5.56 Å². The predicted molar refractivity (Wildman–Crippen MR) is 66.0 cm³/mol. The van der Waals surface area contributed by atoms with Gasteiger partial charge in [0, 0.05) is 0 Å². The highest BCUT2D eigenvalue weighted by molar-refractivity contribution is 5.87. The van der Waals surface area contributed by atoms with Crippen LogP contribution >= 0.6 is 0 Å². The summed E-state index contributed by atoms with van der Waals surface area (Å²) in [4.78, 5) is 10.8. The number of aryl methyl sites for hydroxylation is 2. The Kier molecular flexibility index (Phi) is 5.03. The van der Waals surface area contributed by atoms with Crippen LogP contribution in [0, 0.1) is 6.92 Å². The van der Waals surface area contributed by atoms with Crippen LogP contribution in [0.15, 0.2) is 18.2 Å². The van der Waals surface area contributed by atoms with Crippen molar-refractivity contribution in [3.8, 4) is 0 Å². The fourth-order valence-electron chi connectivity index (χ4n) is 1.82. The molecule has 0 atom stereocenters. The van der Waals surface area contributed by atoms with Gasteiger partial charge in [-0.2, -0.15) is 0 Å². The minimum absolute atomic E-state index is 0.399. The molecule has 0 spiro atoms. The van der Waals surface area contributed by atoms with Crippen LogP contribution in [0.3, 0.4) is 0 Å². The molecule has 0 radical (unpaired) electrons. The van der Waals surface area contributed by atoms with Gasteiger partial charge in [-0.25, -0.2) is 4.79 Å². The molecule has 16 heavy (non-hydrogen) atoms. The molecule has 1 N–H and O–H groups in total. The third kappa shape index (κ3) is 3.69. The lowest BCUT2D eigenvalue weighted by Crippen LogP contribution is -1.99. The Balaban J connectivity index is 2.63. The lowest BCUT2D eigenvalue weighted by molar-refractivity contribution is 0.0697. The normalized spacial score (nSPS) is 10.4. The van der Waals surface area contributed by atoms with Crippen molar-refractivity contribution in [2.24, 2.45) is 0 Å². The molecule has 0 bridgehead atoms. The van der Waals surface area contributed by atoms with Crippen LogP contribution in [0.4, 0.5) is 0 Å². The second-order valence-electron chi connectivity index (χ2n) is 4.26. The summed E-state index contributed by atoms with van der Waals surface area (Å²) in [6.45, 7) is 4.23. The van der Waals surface area contributed by atoms with E-state index in [2.05, 4.69) is 6.92 Å². The maximum Gasteiger partial charge on any atom is 0.335 e. The van der Waals surface area contributed by atoms with Crippen LogP contribution < -0.4 is 0 Å². The summed E-state index contributed by atoms with van der Waals surface area (Å²) < 4.78 is 0. The average molecular weight is 220 g/mol. The number of hydrogen-bond donors (Lipinski definition) is 1. The molecule has 0 aliphatic carbocycles. The zero-order valence-corrected chi connectivity index (χ0v) is 10.1. The van der Waals surface area contributed by atoms with Crippen molar-refractivity contribution in [1.29, 1.82) is 0 Å². The van der Waals surface area contributed by atoms with Crippen molar-refractivity contribution in [2.45, 2.75) is 46.0 Å². The molecule has 0 saturated carbocycles. The van der Waals surface area contributed by atoms with Crippen molar-refractivity contribution < 1.29 is 9.90 Å². The SMILES string of the molecule is CCCCCCc1cc(C(=O)O)ccc1C. The van der Waals surface area contributed by atoms with E-state index in [4.69, 9.17) is 5.11 Å². The summed E-state index contributed by atoms with van der Waals surface area (Å²) in [5, 5.41) is 8.91. The Morgan fingerprint density at radius 3 is 2.62 bits per heavy atom. The quantitative estimate of drug-likeness (QED) is 0.740. The largest absolute Gasteiger partial charge is 0.478 e. The van der Waals surface area contributed by atoms with Crippen molar-refractivity contribution >= 4 is 5.97 Å². The summed E-state index contributed by atoms with van der Waals surface area (Å²) >= 11 is 0. The van der Waals surface area contributed by atoms with Gasteiger partial charge in [0.15, 0.2) is 0 Å².